The fraction of sp³-hybridized carbons (Fsp3) is 0.514. The summed E-state index contributed by atoms with van der Waals surface area (Å²) in [5.41, 5.74) is 3.10. The zero-order chi connectivity index (χ0) is 35.0. The molecular formula is C35H43Cl2N5O6S. The molecule has 3 aromatic rings. The molecule has 0 saturated carbocycles. The SMILES string of the molecule is CC(C)(c1ccc(OCc2cc(C3CCN(CCCC4OCCO4)CC3)nc(NS(C)(=O)=O)n2)cc1)c1cc(Cl)c(OCCCl)c(C#N)c1. The molecule has 0 unspecified atom stereocenters. The van der Waals surface area contributed by atoms with Gasteiger partial charge in [0.15, 0.2) is 12.0 Å². The third-order valence-corrected chi connectivity index (χ3v) is 9.85. The molecule has 2 aromatic carbocycles. The third kappa shape index (κ3) is 10.2. The summed E-state index contributed by atoms with van der Waals surface area (Å²) in [6.45, 7) is 8.68. The van der Waals surface area contributed by atoms with Crippen LogP contribution in [0.2, 0.25) is 5.02 Å². The van der Waals surface area contributed by atoms with Crippen LogP contribution in [-0.2, 0) is 31.5 Å². The first-order valence-corrected chi connectivity index (χ1v) is 19.2. The predicted octanol–water partition coefficient (Wildman–Crippen LogP) is 6.23. The van der Waals surface area contributed by atoms with E-state index in [-0.39, 0.29) is 37.3 Å². The molecule has 0 atom stereocenters. The number of nitriles is 1. The van der Waals surface area contributed by atoms with Crippen LogP contribution in [0.1, 0.15) is 73.5 Å². The number of halogens is 2. The van der Waals surface area contributed by atoms with Crippen molar-refractivity contribution in [2.75, 3.05) is 56.3 Å². The quantitative estimate of drug-likeness (QED) is 0.179. The largest absolute Gasteiger partial charge is 0.489 e. The normalized spacial score (nSPS) is 16.4. The van der Waals surface area contributed by atoms with E-state index in [4.69, 9.17) is 42.1 Å². The highest BCUT2D eigenvalue weighted by molar-refractivity contribution is 7.91. The summed E-state index contributed by atoms with van der Waals surface area (Å²) in [5.74, 6) is 1.46. The summed E-state index contributed by atoms with van der Waals surface area (Å²) < 4.78 is 49.4. The Bertz CT molecular complexity index is 1720. The highest BCUT2D eigenvalue weighted by Gasteiger charge is 2.27. The van der Waals surface area contributed by atoms with Gasteiger partial charge in [-0.05, 0) is 86.8 Å². The number of likely N-dealkylation sites (tertiary alicyclic amines) is 1. The number of sulfonamides is 1. The fourth-order valence-electron chi connectivity index (χ4n) is 6.14. The number of alkyl halides is 1. The van der Waals surface area contributed by atoms with Gasteiger partial charge in [-0.25, -0.2) is 18.4 Å². The molecular weight excluding hydrogens is 689 g/mol. The summed E-state index contributed by atoms with van der Waals surface area (Å²) in [6.07, 6.45) is 4.74. The van der Waals surface area contributed by atoms with E-state index in [9.17, 15) is 13.7 Å². The van der Waals surface area contributed by atoms with Crippen molar-refractivity contribution in [1.29, 1.82) is 5.26 Å². The van der Waals surface area contributed by atoms with Gasteiger partial charge in [0, 0.05) is 17.0 Å². The van der Waals surface area contributed by atoms with E-state index in [1.165, 1.54) is 0 Å². The van der Waals surface area contributed by atoms with E-state index < -0.39 is 15.4 Å². The maximum atomic E-state index is 12.1. The summed E-state index contributed by atoms with van der Waals surface area (Å²) in [4.78, 5) is 11.5. The first-order chi connectivity index (χ1) is 23.4. The van der Waals surface area contributed by atoms with Crippen LogP contribution in [0.4, 0.5) is 5.95 Å². The molecule has 0 spiro atoms. The van der Waals surface area contributed by atoms with E-state index in [0.29, 0.717) is 41.0 Å². The third-order valence-electron chi connectivity index (χ3n) is 8.86. The van der Waals surface area contributed by atoms with E-state index in [2.05, 4.69) is 39.5 Å². The Morgan fingerprint density at radius 1 is 1.06 bits per heavy atom. The lowest BCUT2D eigenvalue weighted by atomic mass is 9.77. The maximum Gasteiger partial charge on any atom is 0.237 e. The number of piperidine rings is 1. The van der Waals surface area contributed by atoms with Crippen molar-refractivity contribution in [3.63, 3.8) is 0 Å². The number of rotatable bonds is 15. The van der Waals surface area contributed by atoms with Gasteiger partial charge in [0.25, 0.3) is 0 Å². The van der Waals surface area contributed by atoms with E-state index in [1.807, 2.05) is 36.4 Å². The molecule has 1 aromatic heterocycles. The van der Waals surface area contributed by atoms with Crippen LogP contribution in [0.25, 0.3) is 0 Å². The standard InChI is InChI=1S/C35H43Cl2N5O6S/c1-35(2,27-19-25(22-38)33(30(37)20-27)47-16-12-36)26-6-8-29(9-7-26)48-23-28-21-31(40-34(39-28)41-49(3,43)44)24-10-14-42(15-11-24)13-4-5-32-45-17-18-46-32/h6-9,19-21,24,32H,4-5,10-18,23H2,1-3H3,(H,39,40,41). The van der Waals surface area contributed by atoms with Crippen LogP contribution in [0, 0.1) is 11.3 Å². The Morgan fingerprint density at radius 3 is 2.43 bits per heavy atom. The molecule has 0 radical (unpaired) electrons. The Balaban J connectivity index is 1.24. The van der Waals surface area contributed by atoms with Crippen LogP contribution in [-0.4, -0.2) is 81.2 Å². The van der Waals surface area contributed by atoms with Crippen molar-refractivity contribution in [3.05, 3.63) is 75.6 Å². The molecule has 264 valence electrons. The number of aromatic nitrogens is 2. The summed E-state index contributed by atoms with van der Waals surface area (Å²) in [5, 5.41) is 10.1. The van der Waals surface area contributed by atoms with Gasteiger partial charge < -0.3 is 23.8 Å². The molecule has 3 heterocycles. The second-order valence-electron chi connectivity index (χ2n) is 12.8. The lowest BCUT2D eigenvalue weighted by molar-refractivity contribution is -0.0490. The minimum absolute atomic E-state index is 0.0455. The van der Waals surface area contributed by atoms with Crippen LogP contribution < -0.4 is 14.2 Å². The molecule has 14 heteroatoms. The van der Waals surface area contributed by atoms with Gasteiger partial charge in [-0.3, -0.25) is 4.72 Å². The van der Waals surface area contributed by atoms with Gasteiger partial charge in [-0.1, -0.05) is 37.6 Å². The van der Waals surface area contributed by atoms with E-state index in [0.717, 1.165) is 68.4 Å². The van der Waals surface area contributed by atoms with Crippen molar-refractivity contribution >= 4 is 39.2 Å². The number of nitrogens with one attached hydrogen (secondary N) is 1. The highest BCUT2D eigenvalue weighted by atomic mass is 35.5. The van der Waals surface area contributed by atoms with Gasteiger partial charge in [0.2, 0.25) is 16.0 Å². The number of hydrogen-bond acceptors (Lipinski definition) is 10. The van der Waals surface area contributed by atoms with Crippen molar-refractivity contribution in [2.24, 2.45) is 0 Å². The van der Waals surface area contributed by atoms with Crippen LogP contribution >= 0.6 is 23.2 Å². The zero-order valence-corrected chi connectivity index (χ0v) is 30.4. The van der Waals surface area contributed by atoms with Crippen molar-refractivity contribution in [2.45, 2.75) is 63.8 Å². The summed E-state index contributed by atoms with van der Waals surface area (Å²) >= 11 is 12.3. The molecule has 2 aliphatic rings. The summed E-state index contributed by atoms with van der Waals surface area (Å²) in [6, 6.07) is 15.4. The molecule has 5 rings (SSSR count). The van der Waals surface area contributed by atoms with Crippen molar-refractivity contribution in [1.82, 2.24) is 14.9 Å². The minimum Gasteiger partial charge on any atom is -0.489 e. The zero-order valence-electron chi connectivity index (χ0n) is 28.1. The highest BCUT2D eigenvalue weighted by Crippen LogP contribution is 2.39. The molecule has 2 fully saturated rings. The second kappa shape index (κ2) is 16.7. The Morgan fingerprint density at radius 2 is 1.78 bits per heavy atom. The Labute approximate surface area is 298 Å². The lowest BCUT2D eigenvalue weighted by Crippen LogP contribution is -2.34. The number of hydrogen-bond donors (Lipinski definition) is 1. The van der Waals surface area contributed by atoms with E-state index >= 15 is 0 Å². The molecule has 0 bridgehead atoms. The molecule has 2 aliphatic heterocycles. The molecule has 1 N–H and O–H groups in total. The first kappa shape index (κ1) is 37.1. The van der Waals surface area contributed by atoms with Crippen LogP contribution in [0.15, 0.2) is 42.5 Å². The van der Waals surface area contributed by atoms with Crippen LogP contribution in [0.3, 0.4) is 0 Å². The average molecular weight is 733 g/mol. The average Bonchev–Trinajstić information content (AvgIpc) is 3.60. The number of ether oxygens (including phenoxy) is 4. The van der Waals surface area contributed by atoms with Crippen molar-refractivity contribution < 1.29 is 27.4 Å². The van der Waals surface area contributed by atoms with Gasteiger partial charge in [-0.2, -0.15) is 5.26 Å². The second-order valence-corrected chi connectivity index (χ2v) is 15.4. The smallest absolute Gasteiger partial charge is 0.237 e. The van der Waals surface area contributed by atoms with Crippen LogP contribution in [0.5, 0.6) is 11.5 Å². The number of nitrogens with zero attached hydrogens (tertiary/aromatic N) is 4. The number of benzene rings is 2. The van der Waals surface area contributed by atoms with Gasteiger partial charge in [-0.15, -0.1) is 11.6 Å². The van der Waals surface area contributed by atoms with Gasteiger partial charge >= 0.3 is 0 Å². The Hall–Kier alpha value is -3.18. The first-order valence-electron chi connectivity index (χ1n) is 16.4. The number of anilines is 1. The fourth-order valence-corrected chi connectivity index (χ4v) is 6.91. The molecule has 2 saturated heterocycles. The monoisotopic (exact) mass is 731 g/mol. The lowest BCUT2D eigenvalue weighted by Gasteiger charge is -2.32. The van der Waals surface area contributed by atoms with Crippen molar-refractivity contribution in [3.8, 4) is 17.6 Å². The molecule has 49 heavy (non-hydrogen) atoms. The molecule has 11 nitrogen and oxygen atoms in total. The van der Waals surface area contributed by atoms with E-state index in [1.54, 1.807) is 6.07 Å². The molecule has 0 amide bonds. The predicted molar refractivity (Wildman–Crippen MR) is 189 cm³/mol. The topological polar surface area (TPSA) is 136 Å². The summed E-state index contributed by atoms with van der Waals surface area (Å²) in [7, 11) is -3.57. The Kier molecular flexibility index (Phi) is 12.6. The van der Waals surface area contributed by atoms with Gasteiger partial charge in [0.1, 0.15) is 25.0 Å². The molecule has 0 aliphatic carbocycles. The van der Waals surface area contributed by atoms with Gasteiger partial charge in [0.05, 0.1) is 41.6 Å². The maximum absolute atomic E-state index is 12.1. The minimum atomic E-state index is -3.57.